The molecule has 0 N–H and O–H groups in total. The highest BCUT2D eigenvalue weighted by atomic mass is 35.5. The highest BCUT2D eigenvalue weighted by Crippen LogP contribution is 2.40. The summed E-state index contributed by atoms with van der Waals surface area (Å²) < 4.78 is 2.09. The molecule has 0 aliphatic carbocycles. The molecule has 1 aliphatic heterocycles. The van der Waals surface area contributed by atoms with Crippen molar-refractivity contribution in [1.29, 1.82) is 0 Å². The maximum Gasteiger partial charge on any atom is 0.189 e. The summed E-state index contributed by atoms with van der Waals surface area (Å²) >= 11 is 6.06. The van der Waals surface area contributed by atoms with E-state index in [1.807, 2.05) is 49.4 Å². The van der Waals surface area contributed by atoms with Crippen LogP contribution in [-0.4, -0.2) is 21.3 Å². The third-order valence-corrected chi connectivity index (χ3v) is 4.76. The van der Waals surface area contributed by atoms with Crippen molar-refractivity contribution in [3.05, 3.63) is 70.6 Å². The molecule has 5 nitrogen and oxygen atoms in total. The van der Waals surface area contributed by atoms with E-state index in [-0.39, 0.29) is 5.92 Å². The van der Waals surface area contributed by atoms with Crippen LogP contribution in [0.3, 0.4) is 0 Å². The van der Waals surface area contributed by atoms with Crippen molar-refractivity contribution in [1.82, 2.24) is 14.8 Å². The average molecular weight is 350 g/mol. The van der Waals surface area contributed by atoms with Crippen LogP contribution < -0.4 is 4.90 Å². The second kappa shape index (κ2) is 5.91. The fraction of sp³-hybridized carbons (Fsp3) is 0.211. The summed E-state index contributed by atoms with van der Waals surface area (Å²) in [6.45, 7) is 12.2. The predicted octanol–water partition coefficient (Wildman–Crippen LogP) is 5.04. The van der Waals surface area contributed by atoms with Gasteiger partial charge in [0.1, 0.15) is 11.6 Å². The van der Waals surface area contributed by atoms with Crippen molar-refractivity contribution < 1.29 is 0 Å². The Labute approximate surface area is 151 Å². The van der Waals surface area contributed by atoms with E-state index in [1.165, 1.54) is 0 Å². The van der Waals surface area contributed by atoms with Crippen LogP contribution in [0.4, 0.5) is 17.1 Å². The zero-order valence-corrected chi connectivity index (χ0v) is 14.7. The first-order chi connectivity index (χ1) is 12.1. The van der Waals surface area contributed by atoms with E-state index in [9.17, 15) is 0 Å². The topological polar surface area (TPSA) is 38.3 Å². The second-order valence-electron chi connectivity index (χ2n) is 6.21. The quantitative estimate of drug-likeness (QED) is 0.578. The molecular weight excluding hydrogens is 334 g/mol. The Kier molecular flexibility index (Phi) is 3.70. The lowest BCUT2D eigenvalue weighted by Crippen LogP contribution is -2.21. The minimum Gasteiger partial charge on any atom is -0.340 e. The number of aryl methyl sites for hydroxylation is 1. The van der Waals surface area contributed by atoms with Gasteiger partial charge in [0, 0.05) is 23.2 Å². The van der Waals surface area contributed by atoms with Gasteiger partial charge in [-0.2, -0.15) is 0 Å². The van der Waals surface area contributed by atoms with E-state index in [1.54, 1.807) is 0 Å². The molecule has 1 aliphatic rings. The second-order valence-corrected chi connectivity index (χ2v) is 6.65. The SMILES string of the molecule is [C-]#[N+]c1ccc2c(c1)N(c1ccc(Cl)cc1)C[C@@H](C)c1nnc(C)n1-2. The maximum atomic E-state index is 7.37. The van der Waals surface area contributed by atoms with Gasteiger partial charge in [0.25, 0.3) is 0 Å². The Balaban J connectivity index is 1.98. The number of aromatic nitrogens is 3. The molecule has 2 heterocycles. The molecule has 2 aromatic carbocycles. The molecule has 0 saturated carbocycles. The summed E-state index contributed by atoms with van der Waals surface area (Å²) in [6.07, 6.45) is 0. The molecule has 0 unspecified atom stereocenters. The van der Waals surface area contributed by atoms with Gasteiger partial charge in [-0.15, -0.1) is 10.2 Å². The lowest BCUT2D eigenvalue weighted by atomic mass is 10.1. The summed E-state index contributed by atoms with van der Waals surface area (Å²) in [5, 5.41) is 9.35. The normalized spacial score (nSPS) is 15.9. The molecule has 0 fully saturated rings. The van der Waals surface area contributed by atoms with E-state index >= 15 is 0 Å². The van der Waals surface area contributed by atoms with Gasteiger partial charge in [-0.05, 0) is 43.3 Å². The molecule has 0 radical (unpaired) electrons. The summed E-state index contributed by atoms with van der Waals surface area (Å²) in [5.41, 5.74) is 3.61. The van der Waals surface area contributed by atoms with E-state index in [0.717, 1.165) is 35.3 Å². The number of fused-ring (bicyclic) bond motifs is 3. The van der Waals surface area contributed by atoms with Crippen LogP contribution in [0.1, 0.15) is 24.5 Å². The van der Waals surface area contributed by atoms with Crippen LogP contribution in [0.15, 0.2) is 42.5 Å². The Hall–Kier alpha value is -2.84. The number of benzene rings is 2. The van der Waals surface area contributed by atoms with E-state index in [2.05, 4.69) is 31.4 Å². The first-order valence-corrected chi connectivity index (χ1v) is 8.43. The first kappa shape index (κ1) is 15.7. The zero-order valence-electron chi connectivity index (χ0n) is 13.9. The zero-order chi connectivity index (χ0) is 17.6. The van der Waals surface area contributed by atoms with Gasteiger partial charge in [0.2, 0.25) is 0 Å². The lowest BCUT2D eigenvalue weighted by Gasteiger charge is -2.27. The van der Waals surface area contributed by atoms with Crippen LogP contribution in [0.5, 0.6) is 0 Å². The molecule has 0 bridgehead atoms. The third-order valence-electron chi connectivity index (χ3n) is 4.51. The lowest BCUT2D eigenvalue weighted by molar-refractivity contribution is 0.696. The molecule has 4 rings (SSSR count). The largest absolute Gasteiger partial charge is 0.340 e. The van der Waals surface area contributed by atoms with Crippen LogP contribution >= 0.6 is 11.6 Å². The highest BCUT2D eigenvalue weighted by molar-refractivity contribution is 6.30. The third kappa shape index (κ3) is 2.55. The van der Waals surface area contributed by atoms with E-state index in [4.69, 9.17) is 18.2 Å². The summed E-state index contributed by atoms with van der Waals surface area (Å²) in [7, 11) is 0. The monoisotopic (exact) mass is 349 g/mol. The Bertz CT molecular complexity index is 984. The van der Waals surface area contributed by atoms with Gasteiger partial charge in [-0.1, -0.05) is 24.6 Å². The van der Waals surface area contributed by atoms with Gasteiger partial charge in [-0.25, -0.2) is 4.85 Å². The number of hydrogen-bond donors (Lipinski definition) is 0. The molecular formula is C19H16ClN5. The molecule has 25 heavy (non-hydrogen) atoms. The van der Waals surface area contributed by atoms with Crippen LogP contribution in [0.25, 0.3) is 10.5 Å². The Morgan fingerprint density at radius 1 is 1.12 bits per heavy atom. The van der Waals surface area contributed by atoms with Crippen molar-refractivity contribution in [2.75, 3.05) is 11.4 Å². The first-order valence-electron chi connectivity index (χ1n) is 8.05. The number of hydrogen-bond acceptors (Lipinski definition) is 3. The van der Waals surface area contributed by atoms with Crippen LogP contribution in [-0.2, 0) is 0 Å². The van der Waals surface area contributed by atoms with Crippen molar-refractivity contribution in [3.8, 4) is 5.69 Å². The molecule has 6 heteroatoms. The van der Waals surface area contributed by atoms with Gasteiger partial charge < -0.3 is 4.90 Å². The van der Waals surface area contributed by atoms with Gasteiger partial charge in [-0.3, -0.25) is 4.57 Å². The number of halogens is 1. The molecule has 0 amide bonds. The molecule has 124 valence electrons. The fourth-order valence-corrected chi connectivity index (χ4v) is 3.43. The smallest absolute Gasteiger partial charge is 0.189 e. The van der Waals surface area contributed by atoms with Crippen molar-refractivity contribution in [2.45, 2.75) is 19.8 Å². The van der Waals surface area contributed by atoms with Crippen molar-refractivity contribution >= 4 is 28.7 Å². The van der Waals surface area contributed by atoms with Gasteiger partial charge in [0.05, 0.1) is 17.9 Å². The Morgan fingerprint density at radius 2 is 1.88 bits per heavy atom. The van der Waals surface area contributed by atoms with Crippen molar-refractivity contribution in [3.63, 3.8) is 0 Å². The molecule has 0 saturated heterocycles. The van der Waals surface area contributed by atoms with E-state index < -0.39 is 0 Å². The minimum absolute atomic E-state index is 0.181. The minimum atomic E-state index is 0.181. The average Bonchev–Trinajstić information content (AvgIpc) is 2.95. The molecule has 1 aromatic heterocycles. The van der Waals surface area contributed by atoms with Crippen LogP contribution in [0, 0.1) is 13.5 Å². The Morgan fingerprint density at radius 3 is 2.60 bits per heavy atom. The highest BCUT2D eigenvalue weighted by Gasteiger charge is 2.28. The maximum absolute atomic E-state index is 7.37. The number of nitrogens with zero attached hydrogens (tertiary/aromatic N) is 5. The van der Waals surface area contributed by atoms with Crippen LogP contribution in [0.2, 0.25) is 5.02 Å². The molecule has 1 atom stereocenters. The van der Waals surface area contributed by atoms with Gasteiger partial charge >= 0.3 is 0 Å². The van der Waals surface area contributed by atoms with E-state index in [0.29, 0.717) is 10.7 Å². The molecule has 3 aromatic rings. The fourth-order valence-electron chi connectivity index (χ4n) is 3.30. The number of rotatable bonds is 1. The summed E-state index contributed by atoms with van der Waals surface area (Å²) in [6, 6.07) is 13.5. The summed E-state index contributed by atoms with van der Waals surface area (Å²) in [5.74, 6) is 1.96. The summed E-state index contributed by atoms with van der Waals surface area (Å²) in [4.78, 5) is 5.82. The van der Waals surface area contributed by atoms with Gasteiger partial charge in [0.15, 0.2) is 5.69 Å². The predicted molar refractivity (Wildman–Crippen MR) is 99.2 cm³/mol. The molecule has 0 spiro atoms. The van der Waals surface area contributed by atoms with Crippen molar-refractivity contribution in [2.24, 2.45) is 0 Å². The number of anilines is 2. The standard InChI is InChI=1S/C19H16ClN5/c1-12-11-24(16-7-4-14(20)5-8-16)18-10-15(21-3)6-9-17(18)25-13(2)22-23-19(12)25/h4-10,12H,11H2,1-2H3/t12-/m1/s1.